The summed E-state index contributed by atoms with van der Waals surface area (Å²) >= 11 is 0. The van der Waals surface area contributed by atoms with Gasteiger partial charge in [-0.2, -0.15) is 0 Å². The Balaban J connectivity index is 3.73. The Bertz CT molecular complexity index is 169. The fraction of sp³-hybridized carbons (Fsp3) is 0.571. The molecule has 0 spiro atoms. The molecule has 0 saturated heterocycles. The summed E-state index contributed by atoms with van der Waals surface area (Å²) in [5.74, 6) is -0.493. The Morgan fingerprint density at radius 1 is 1.36 bits per heavy atom. The van der Waals surface area contributed by atoms with Crippen LogP contribution in [-0.2, 0) is 14.3 Å². The molecule has 0 unspecified atom stereocenters. The summed E-state index contributed by atoms with van der Waals surface area (Å²) in [5.41, 5.74) is 0.350. The molecule has 0 aliphatic carbocycles. The predicted octanol–water partition coefficient (Wildman–Crippen LogP) is 1.87. The summed E-state index contributed by atoms with van der Waals surface area (Å²) in [6.07, 6.45) is 0. The van der Waals surface area contributed by atoms with Gasteiger partial charge < -0.3 is 4.89 Å². The molecule has 0 amide bonds. The van der Waals surface area contributed by atoms with Crippen molar-refractivity contribution in [1.29, 1.82) is 0 Å². The summed E-state index contributed by atoms with van der Waals surface area (Å²) in [6, 6.07) is 0. The monoisotopic (exact) mass is 174 g/mol. The van der Waals surface area contributed by atoms with Crippen molar-refractivity contribution in [1.82, 2.24) is 0 Å². The molecule has 11 heavy (non-hydrogen) atoms. The number of hydrogen-bond acceptors (Lipinski definition) is 3. The highest BCUT2D eigenvalue weighted by Crippen LogP contribution is 2.04. The topological polar surface area (TPSA) is 35.5 Å². The van der Waals surface area contributed by atoms with E-state index in [2.05, 4.69) is 11.5 Å². The van der Waals surface area contributed by atoms with Gasteiger partial charge in [-0.1, -0.05) is 6.58 Å². The third-order valence-corrected chi connectivity index (χ3v) is 1.30. The molecule has 0 fully saturated rings. The van der Waals surface area contributed by atoms with Crippen LogP contribution in [-0.4, -0.2) is 14.3 Å². The van der Waals surface area contributed by atoms with Gasteiger partial charge in [-0.05, 0) is 26.6 Å². The van der Waals surface area contributed by atoms with Crippen LogP contribution in [0.15, 0.2) is 12.2 Å². The largest absolute Gasteiger partial charge is 0.366 e. The molecule has 0 saturated carbocycles. The van der Waals surface area contributed by atoms with Gasteiger partial charge in [0.05, 0.1) is 0 Å². The minimum atomic E-state index is -1.75. The molecule has 0 rings (SSSR count). The highest BCUT2D eigenvalue weighted by molar-refractivity contribution is 6.69. The molecule has 0 heterocycles. The van der Waals surface area contributed by atoms with Crippen molar-refractivity contribution in [3.63, 3.8) is 0 Å². The second-order valence-corrected chi connectivity index (χ2v) is 7.74. The maximum absolute atomic E-state index is 10.8. The van der Waals surface area contributed by atoms with Crippen LogP contribution in [0.5, 0.6) is 0 Å². The summed E-state index contributed by atoms with van der Waals surface area (Å²) < 4.78 is 4.88. The van der Waals surface area contributed by atoms with Crippen molar-refractivity contribution < 1.29 is 14.3 Å². The lowest BCUT2D eigenvalue weighted by atomic mass is 10.4. The molecule has 0 bridgehead atoms. The first kappa shape index (κ1) is 10.4. The van der Waals surface area contributed by atoms with Crippen LogP contribution >= 0.6 is 0 Å². The van der Waals surface area contributed by atoms with Gasteiger partial charge in [0, 0.05) is 5.57 Å². The Kier molecular flexibility index (Phi) is 3.48. The van der Waals surface area contributed by atoms with Gasteiger partial charge >= 0.3 is 5.97 Å². The Labute approximate surface area is 68.1 Å². The summed E-state index contributed by atoms with van der Waals surface area (Å²) in [6.45, 7) is 10.8. The smallest absolute Gasteiger partial charge is 0.305 e. The molecule has 0 N–H and O–H groups in total. The molecular formula is C7H14O3Si. The number of carbonyl (C=O) groups excluding carboxylic acids is 1. The van der Waals surface area contributed by atoms with Gasteiger partial charge in [-0.3, -0.25) is 0 Å². The van der Waals surface area contributed by atoms with Crippen LogP contribution in [0.2, 0.25) is 19.6 Å². The first-order chi connectivity index (χ1) is 4.83. The first-order valence-electron chi connectivity index (χ1n) is 3.38. The average molecular weight is 174 g/mol. The minimum Gasteiger partial charge on any atom is -0.305 e. The van der Waals surface area contributed by atoms with Gasteiger partial charge in [-0.15, -0.1) is 0 Å². The fourth-order valence-electron chi connectivity index (χ4n) is 0.234. The Morgan fingerprint density at radius 2 is 1.82 bits per heavy atom. The highest BCUT2D eigenvalue weighted by Gasteiger charge is 2.19. The number of carbonyl (C=O) groups is 1. The molecule has 0 radical (unpaired) electrons. The van der Waals surface area contributed by atoms with E-state index in [4.69, 9.17) is 4.58 Å². The van der Waals surface area contributed by atoms with Crippen LogP contribution in [0.25, 0.3) is 0 Å². The first-order valence-corrected chi connectivity index (χ1v) is 6.79. The zero-order valence-electron chi connectivity index (χ0n) is 7.43. The van der Waals surface area contributed by atoms with Crippen LogP contribution in [0, 0.1) is 0 Å². The molecular weight excluding hydrogens is 160 g/mol. The van der Waals surface area contributed by atoms with E-state index in [1.807, 2.05) is 19.6 Å². The third-order valence-electron chi connectivity index (χ3n) is 0.716. The van der Waals surface area contributed by atoms with Crippen molar-refractivity contribution >= 4 is 14.3 Å². The predicted molar refractivity (Wildman–Crippen MR) is 45.3 cm³/mol. The quantitative estimate of drug-likeness (QED) is 0.283. The van der Waals surface area contributed by atoms with Crippen LogP contribution in [0.3, 0.4) is 0 Å². The van der Waals surface area contributed by atoms with E-state index < -0.39 is 14.3 Å². The van der Waals surface area contributed by atoms with E-state index >= 15 is 0 Å². The Morgan fingerprint density at radius 3 is 2.09 bits per heavy atom. The molecule has 0 aromatic carbocycles. The standard InChI is InChI=1S/C7H14O3Si/c1-6(2)7(8)9-10-11(3,4)5/h1H2,2-5H3. The molecule has 0 aliphatic rings. The van der Waals surface area contributed by atoms with E-state index in [1.165, 1.54) is 0 Å². The Hall–Kier alpha value is -0.613. The minimum absolute atomic E-state index is 0.350. The molecule has 4 heteroatoms. The van der Waals surface area contributed by atoms with Crippen LogP contribution in [0.4, 0.5) is 0 Å². The van der Waals surface area contributed by atoms with Gasteiger partial charge in [0.25, 0.3) is 0 Å². The van der Waals surface area contributed by atoms with Crippen molar-refractivity contribution in [3.8, 4) is 0 Å². The number of hydrogen-bond donors (Lipinski definition) is 0. The zero-order chi connectivity index (χ0) is 9.07. The molecule has 0 aromatic heterocycles. The molecule has 64 valence electrons. The maximum atomic E-state index is 10.8. The van der Waals surface area contributed by atoms with Gasteiger partial charge in [0.15, 0.2) is 0 Å². The third kappa shape index (κ3) is 5.81. The number of rotatable bonds is 3. The van der Waals surface area contributed by atoms with Gasteiger partial charge in [0.1, 0.15) is 0 Å². The summed E-state index contributed by atoms with van der Waals surface area (Å²) in [4.78, 5) is 15.3. The molecule has 0 aliphatic heterocycles. The summed E-state index contributed by atoms with van der Waals surface area (Å²) in [7, 11) is -1.75. The van der Waals surface area contributed by atoms with E-state index in [9.17, 15) is 4.79 Å². The lowest BCUT2D eigenvalue weighted by Crippen LogP contribution is -2.27. The molecule has 3 nitrogen and oxygen atoms in total. The second-order valence-electron chi connectivity index (χ2n) is 3.35. The average Bonchev–Trinajstić information content (AvgIpc) is 1.80. The van der Waals surface area contributed by atoms with Gasteiger partial charge in [-0.25, -0.2) is 9.37 Å². The van der Waals surface area contributed by atoms with Gasteiger partial charge in [0.2, 0.25) is 8.32 Å². The van der Waals surface area contributed by atoms with Crippen molar-refractivity contribution in [2.75, 3.05) is 0 Å². The summed E-state index contributed by atoms with van der Waals surface area (Å²) in [5, 5.41) is 0. The fourth-order valence-corrected chi connectivity index (χ4v) is 0.560. The maximum Gasteiger partial charge on any atom is 0.366 e. The normalized spacial score (nSPS) is 10.9. The lowest BCUT2D eigenvalue weighted by Gasteiger charge is -2.13. The SMILES string of the molecule is C=C(C)C(=O)OO[Si](C)(C)C. The van der Waals surface area contributed by atoms with Crippen LogP contribution < -0.4 is 0 Å². The van der Waals surface area contributed by atoms with Crippen molar-refractivity contribution in [3.05, 3.63) is 12.2 Å². The second kappa shape index (κ2) is 3.68. The van der Waals surface area contributed by atoms with E-state index in [-0.39, 0.29) is 0 Å². The van der Waals surface area contributed by atoms with E-state index in [0.717, 1.165) is 0 Å². The molecule has 0 aromatic rings. The van der Waals surface area contributed by atoms with Crippen LogP contribution in [0.1, 0.15) is 6.92 Å². The molecule has 0 atom stereocenters. The highest BCUT2D eigenvalue weighted by atomic mass is 28.4. The zero-order valence-corrected chi connectivity index (χ0v) is 8.43. The van der Waals surface area contributed by atoms with Crippen molar-refractivity contribution in [2.24, 2.45) is 0 Å². The van der Waals surface area contributed by atoms with Crippen molar-refractivity contribution in [2.45, 2.75) is 26.6 Å². The van der Waals surface area contributed by atoms with E-state index in [0.29, 0.717) is 5.57 Å². The van der Waals surface area contributed by atoms with E-state index in [1.54, 1.807) is 6.92 Å². The lowest BCUT2D eigenvalue weighted by molar-refractivity contribution is -0.214.